The fraction of sp³-hybridized carbons (Fsp3) is 0.391. The number of hydrogen-bond acceptors (Lipinski definition) is 4. The summed E-state index contributed by atoms with van der Waals surface area (Å²) < 4.78 is 68.1. The maximum absolute atomic E-state index is 13.6. The molecule has 0 spiro atoms. The van der Waals surface area contributed by atoms with Crippen LogP contribution >= 0.6 is 0 Å². The molecule has 2 saturated heterocycles. The van der Waals surface area contributed by atoms with Crippen LogP contribution in [0.4, 0.5) is 27.6 Å². The van der Waals surface area contributed by atoms with Crippen molar-refractivity contribution in [3.63, 3.8) is 0 Å². The number of halogens is 5. The Labute approximate surface area is 196 Å². The van der Waals surface area contributed by atoms with E-state index in [1.807, 2.05) is 0 Å². The fourth-order valence-electron chi connectivity index (χ4n) is 4.82. The van der Waals surface area contributed by atoms with Crippen molar-refractivity contribution < 1.29 is 31.5 Å². The van der Waals surface area contributed by atoms with Crippen LogP contribution in [0.1, 0.15) is 36.6 Å². The van der Waals surface area contributed by atoms with Gasteiger partial charge in [0.25, 0.3) is 0 Å². The van der Waals surface area contributed by atoms with Crippen molar-refractivity contribution in [2.24, 2.45) is 5.92 Å². The van der Waals surface area contributed by atoms with Crippen LogP contribution in [0.5, 0.6) is 0 Å². The van der Waals surface area contributed by atoms with Gasteiger partial charge in [-0.3, -0.25) is 14.0 Å². The number of anilines is 1. The zero-order valence-electron chi connectivity index (χ0n) is 18.3. The average molecular weight is 493 g/mol. The van der Waals surface area contributed by atoms with Crippen molar-refractivity contribution in [2.45, 2.75) is 31.4 Å². The van der Waals surface area contributed by atoms with E-state index >= 15 is 0 Å². The van der Waals surface area contributed by atoms with Crippen LogP contribution in [0, 0.1) is 17.6 Å². The maximum atomic E-state index is 13.6. The Hall–Kier alpha value is -3.57. The van der Waals surface area contributed by atoms with Crippen LogP contribution in [0.3, 0.4) is 0 Å². The third kappa shape index (κ3) is 4.44. The number of carbonyl (C=O) groups is 2. The third-order valence-electron chi connectivity index (χ3n) is 6.49. The number of carbonyl (C=O) groups excluding carboxylic acids is 2. The standard InChI is InChI=1S/C23H20F5N5O2/c24-16-7-17(25)9-18(8-16)32-11-14(6-20(32)34)22(35)31-5-1-2-13(10-31)21-30-29-19-4-3-15(12-33(19)21)23(26,27)28/h3-4,7-9,12-14H,1-2,5-6,10-11H2. The van der Waals surface area contributed by atoms with Crippen molar-refractivity contribution in [3.8, 4) is 0 Å². The van der Waals surface area contributed by atoms with E-state index in [9.17, 15) is 31.5 Å². The second kappa shape index (κ2) is 8.58. The zero-order chi connectivity index (χ0) is 24.9. The van der Waals surface area contributed by atoms with Gasteiger partial charge in [-0.05, 0) is 37.1 Å². The molecule has 4 heterocycles. The smallest absolute Gasteiger partial charge is 0.342 e. The molecule has 5 rings (SSSR count). The Morgan fingerprint density at radius 2 is 1.77 bits per heavy atom. The molecule has 2 aliphatic rings. The first-order chi connectivity index (χ1) is 16.6. The second-order valence-electron chi connectivity index (χ2n) is 8.86. The first kappa shape index (κ1) is 23.2. The second-order valence-corrected chi connectivity index (χ2v) is 8.86. The summed E-state index contributed by atoms with van der Waals surface area (Å²) in [7, 11) is 0. The molecule has 3 aromatic rings. The minimum Gasteiger partial charge on any atom is -0.342 e. The van der Waals surface area contributed by atoms with Crippen molar-refractivity contribution >= 4 is 23.1 Å². The average Bonchev–Trinajstić information content (AvgIpc) is 3.40. The van der Waals surface area contributed by atoms with Gasteiger partial charge in [-0.2, -0.15) is 13.2 Å². The number of aromatic nitrogens is 3. The van der Waals surface area contributed by atoms with Gasteiger partial charge >= 0.3 is 6.18 Å². The quantitative estimate of drug-likeness (QED) is 0.521. The van der Waals surface area contributed by atoms with E-state index < -0.39 is 35.2 Å². The largest absolute Gasteiger partial charge is 0.417 e. The van der Waals surface area contributed by atoms with E-state index in [1.54, 1.807) is 4.90 Å². The molecule has 0 bridgehead atoms. The van der Waals surface area contributed by atoms with E-state index in [4.69, 9.17) is 0 Å². The summed E-state index contributed by atoms with van der Waals surface area (Å²) in [5.74, 6) is -3.04. The van der Waals surface area contributed by atoms with Crippen LogP contribution in [0.2, 0.25) is 0 Å². The molecule has 2 aromatic heterocycles. The van der Waals surface area contributed by atoms with Crippen LogP contribution in [-0.2, 0) is 15.8 Å². The molecule has 2 amide bonds. The number of nitrogens with zero attached hydrogens (tertiary/aromatic N) is 5. The lowest BCUT2D eigenvalue weighted by Gasteiger charge is -2.33. The normalized spacial score (nSPS) is 21.2. The molecule has 7 nitrogen and oxygen atoms in total. The van der Waals surface area contributed by atoms with Crippen LogP contribution in [0.25, 0.3) is 5.65 Å². The maximum Gasteiger partial charge on any atom is 0.417 e. The topological polar surface area (TPSA) is 70.8 Å². The molecule has 2 aliphatic heterocycles. The molecule has 184 valence electrons. The molecule has 0 N–H and O–H groups in total. The lowest BCUT2D eigenvalue weighted by Crippen LogP contribution is -2.43. The van der Waals surface area contributed by atoms with Gasteiger partial charge < -0.3 is 9.80 Å². The van der Waals surface area contributed by atoms with E-state index in [2.05, 4.69) is 10.2 Å². The van der Waals surface area contributed by atoms with Crippen molar-refractivity contribution in [3.05, 3.63) is 59.6 Å². The van der Waals surface area contributed by atoms with Gasteiger partial charge in [-0.1, -0.05) is 0 Å². The highest BCUT2D eigenvalue weighted by atomic mass is 19.4. The summed E-state index contributed by atoms with van der Waals surface area (Å²) in [6, 6.07) is 4.97. The van der Waals surface area contributed by atoms with Crippen LogP contribution in [0.15, 0.2) is 36.5 Å². The molecule has 2 atom stereocenters. The van der Waals surface area contributed by atoms with E-state index in [0.29, 0.717) is 31.3 Å². The lowest BCUT2D eigenvalue weighted by molar-refractivity contribution is -0.138. The van der Waals surface area contributed by atoms with Crippen LogP contribution < -0.4 is 4.90 Å². The van der Waals surface area contributed by atoms with Crippen molar-refractivity contribution in [1.82, 2.24) is 19.5 Å². The highest BCUT2D eigenvalue weighted by Gasteiger charge is 2.39. The monoisotopic (exact) mass is 493 g/mol. The molecular formula is C23H20F5N5O2. The number of piperidine rings is 1. The van der Waals surface area contributed by atoms with Gasteiger partial charge in [0.05, 0.1) is 11.5 Å². The van der Waals surface area contributed by atoms with Crippen LogP contribution in [-0.4, -0.2) is 50.9 Å². The number of alkyl halides is 3. The zero-order valence-corrected chi connectivity index (χ0v) is 18.3. The SMILES string of the molecule is O=C(C1CC(=O)N(c2cc(F)cc(F)c2)C1)N1CCCC(c2nnc3ccc(C(F)(F)F)cn23)C1. The summed E-state index contributed by atoms with van der Waals surface area (Å²) >= 11 is 0. The van der Waals surface area contributed by atoms with Gasteiger partial charge in [0.15, 0.2) is 5.65 Å². The Morgan fingerprint density at radius 3 is 2.49 bits per heavy atom. The first-order valence-electron chi connectivity index (χ1n) is 11.1. The predicted molar refractivity (Wildman–Crippen MR) is 113 cm³/mol. The summed E-state index contributed by atoms with van der Waals surface area (Å²) in [6.07, 6.45) is -2.45. The van der Waals surface area contributed by atoms with Gasteiger partial charge in [0.1, 0.15) is 17.5 Å². The Balaban J connectivity index is 1.33. The summed E-state index contributed by atoms with van der Waals surface area (Å²) in [4.78, 5) is 28.5. The fourth-order valence-corrected chi connectivity index (χ4v) is 4.82. The number of fused-ring (bicyclic) bond motifs is 1. The molecule has 2 fully saturated rings. The first-order valence-corrected chi connectivity index (χ1v) is 11.1. The minimum absolute atomic E-state index is 0.00939. The summed E-state index contributed by atoms with van der Waals surface area (Å²) in [6.45, 7) is 0.638. The third-order valence-corrected chi connectivity index (χ3v) is 6.49. The number of rotatable bonds is 3. The number of likely N-dealkylation sites (tertiary alicyclic amines) is 1. The Bertz CT molecular complexity index is 1290. The molecular weight excluding hydrogens is 473 g/mol. The van der Waals surface area contributed by atoms with Gasteiger partial charge in [0, 0.05) is 49.9 Å². The molecule has 35 heavy (non-hydrogen) atoms. The van der Waals surface area contributed by atoms with Gasteiger partial charge in [-0.15, -0.1) is 10.2 Å². The van der Waals surface area contributed by atoms with Gasteiger partial charge in [-0.25, -0.2) is 8.78 Å². The summed E-state index contributed by atoms with van der Waals surface area (Å²) in [5, 5.41) is 8.05. The van der Waals surface area contributed by atoms with Crippen molar-refractivity contribution in [1.29, 1.82) is 0 Å². The minimum atomic E-state index is -4.52. The predicted octanol–water partition coefficient (Wildman–Crippen LogP) is 3.79. The Kier molecular flexibility index (Phi) is 5.68. The molecule has 0 aliphatic carbocycles. The summed E-state index contributed by atoms with van der Waals surface area (Å²) in [5.41, 5.74) is -0.501. The molecule has 0 saturated carbocycles. The Morgan fingerprint density at radius 1 is 1.03 bits per heavy atom. The number of benzene rings is 1. The van der Waals surface area contributed by atoms with E-state index in [0.717, 1.165) is 24.4 Å². The van der Waals surface area contributed by atoms with Gasteiger partial charge in [0.2, 0.25) is 11.8 Å². The highest BCUT2D eigenvalue weighted by Crippen LogP contribution is 2.33. The highest BCUT2D eigenvalue weighted by molar-refractivity contribution is 6.00. The molecule has 2 unspecified atom stereocenters. The van der Waals surface area contributed by atoms with E-state index in [1.165, 1.54) is 15.4 Å². The lowest BCUT2D eigenvalue weighted by atomic mass is 9.95. The molecule has 0 radical (unpaired) electrons. The number of pyridine rings is 1. The number of hydrogen-bond donors (Lipinski definition) is 0. The van der Waals surface area contributed by atoms with Crippen molar-refractivity contribution in [2.75, 3.05) is 24.5 Å². The van der Waals surface area contributed by atoms with E-state index in [-0.39, 0.29) is 42.7 Å². The number of amides is 2. The molecule has 12 heteroatoms. The molecule has 1 aromatic carbocycles.